The van der Waals surface area contributed by atoms with E-state index < -0.39 is 0 Å². The maximum Gasteiger partial charge on any atom is 0.146 e. The molecule has 0 saturated carbocycles. The Labute approximate surface area is 118 Å². The van der Waals surface area contributed by atoms with E-state index in [1.807, 2.05) is 30.3 Å². The molecule has 1 aromatic carbocycles. The highest BCUT2D eigenvalue weighted by molar-refractivity contribution is 6.32. The SMILES string of the molecule is CC(C)NCc1ccc(Oc2cccnc2)c(Cl)c1. The van der Waals surface area contributed by atoms with E-state index >= 15 is 0 Å². The summed E-state index contributed by atoms with van der Waals surface area (Å²) in [6.07, 6.45) is 3.36. The zero-order chi connectivity index (χ0) is 13.7. The Hall–Kier alpha value is -1.58. The number of halogens is 1. The molecule has 2 rings (SSSR count). The summed E-state index contributed by atoms with van der Waals surface area (Å²) >= 11 is 6.22. The topological polar surface area (TPSA) is 34.1 Å². The van der Waals surface area contributed by atoms with Crippen LogP contribution in [0, 0.1) is 0 Å². The lowest BCUT2D eigenvalue weighted by atomic mass is 10.2. The molecule has 1 N–H and O–H groups in total. The van der Waals surface area contributed by atoms with Crippen molar-refractivity contribution in [2.75, 3.05) is 0 Å². The molecule has 3 nitrogen and oxygen atoms in total. The van der Waals surface area contributed by atoms with Crippen molar-refractivity contribution in [1.82, 2.24) is 10.3 Å². The monoisotopic (exact) mass is 276 g/mol. The molecule has 1 aromatic heterocycles. The van der Waals surface area contributed by atoms with E-state index in [-0.39, 0.29) is 0 Å². The number of benzene rings is 1. The zero-order valence-electron chi connectivity index (χ0n) is 11.1. The largest absolute Gasteiger partial charge is 0.454 e. The predicted molar refractivity (Wildman–Crippen MR) is 77.7 cm³/mol. The molecule has 0 atom stereocenters. The number of pyridine rings is 1. The van der Waals surface area contributed by atoms with E-state index in [9.17, 15) is 0 Å². The Morgan fingerprint density at radius 2 is 2.16 bits per heavy atom. The molecule has 0 radical (unpaired) electrons. The van der Waals surface area contributed by atoms with Crippen LogP contribution in [0.5, 0.6) is 11.5 Å². The second-order valence-corrected chi connectivity index (χ2v) is 5.00. The Morgan fingerprint density at radius 3 is 2.79 bits per heavy atom. The third-order valence-corrected chi connectivity index (χ3v) is 2.87. The predicted octanol–water partition coefficient (Wildman–Crippen LogP) is 4.03. The molecule has 1 heterocycles. The van der Waals surface area contributed by atoms with Gasteiger partial charge in [0.15, 0.2) is 0 Å². The second-order valence-electron chi connectivity index (χ2n) is 4.59. The molecule has 0 amide bonds. The summed E-state index contributed by atoms with van der Waals surface area (Å²) in [5.41, 5.74) is 1.14. The van der Waals surface area contributed by atoms with Gasteiger partial charge in [0.2, 0.25) is 0 Å². The molecule has 100 valence electrons. The van der Waals surface area contributed by atoms with Crippen molar-refractivity contribution >= 4 is 11.6 Å². The normalized spacial score (nSPS) is 10.7. The average molecular weight is 277 g/mol. The van der Waals surface area contributed by atoms with Crippen molar-refractivity contribution in [2.45, 2.75) is 26.4 Å². The molecule has 0 fully saturated rings. The standard InChI is InChI=1S/C15H17ClN2O/c1-11(2)18-9-12-5-6-15(14(16)8-12)19-13-4-3-7-17-10-13/h3-8,10-11,18H,9H2,1-2H3. The highest BCUT2D eigenvalue weighted by Crippen LogP contribution is 2.29. The molecule has 0 spiro atoms. The molecule has 0 aliphatic heterocycles. The van der Waals surface area contributed by atoms with Crippen LogP contribution < -0.4 is 10.1 Å². The van der Waals surface area contributed by atoms with E-state index in [0.29, 0.717) is 22.6 Å². The molecule has 0 aliphatic carbocycles. The van der Waals surface area contributed by atoms with Gasteiger partial charge in [-0.15, -0.1) is 0 Å². The maximum atomic E-state index is 6.22. The Morgan fingerprint density at radius 1 is 1.32 bits per heavy atom. The Bertz CT molecular complexity index is 529. The van der Waals surface area contributed by atoms with Crippen LogP contribution in [0.4, 0.5) is 0 Å². The molecule has 19 heavy (non-hydrogen) atoms. The zero-order valence-corrected chi connectivity index (χ0v) is 11.8. The van der Waals surface area contributed by atoms with Gasteiger partial charge >= 0.3 is 0 Å². The van der Waals surface area contributed by atoms with Crippen molar-refractivity contribution < 1.29 is 4.74 Å². The van der Waals surface area contributed by atoms with Gasteiger partial charge in [0, 0.05) is 18.8 Å². The minimum absolute atomic E-state index is 0.449. The fourth-order valence-electron chi connectivity index (χ4n) is 1.59. The highest BCUT2D eigenvalue weighted by Gasteiger charge is 2.05. The highest BCUT2D eigenvalue weighted by atomic mass is 35.5. The quantitative estimate of drug-likeness (QED) is 0.895. The van der Waals surface area contributed by atoms with Crippen molar-refractivity contribution in [3.05, 3.63) is 53.3 Å². The minimum atomic E-state index is 0.449. The van der Waals surface area contributed by atoms with Gasteiger partial charge in [-0.05, 0) is 29.8 Å². The maximum absolute atomic E-state index is 6.22. The minimum Gasteiger partial charge on any atom is -0.454 e. The van der Waals surface area contributed by atoms with E-state index in [2.05, 4.69) is 24.1 Å². The lowest BCUT2D eigenvalue weighted by Crippen LogP contribution is -2.21. The summed E-state index contributed by atoms with van der Waals surface area (Å²) in [6, 6.07) is 9.93. The summed E-state index contributed by atoms with van der Waals surface area (Å²) < 4.78 is 5.67. The Balaban J connectivity index is 2.07. The Kier molecular flexibility index (Phi) is 4.77. The van der Waals surface area contributed by atoms with Gasteiger partial charge in [-0.1, -0.05) is 31.5 Å². The van der Waals surface area contributed by atoms with Crippen molar-refractivity contribution in [3.8, 4) is 11.5 Å². The van der Waals surface area contributed by atoms with Crippen LogP contribution in [0.25, 0.3) is 0 Å². The lowest BCUT2D eigenvalue weighted by Gasteiger charge is -2.11. The third-order valence-electron chi connectivity index (χ3n) is 2.57. The molecule has 0 saturated heterocycles. The number of hydrogen-bond acceptors (Lipinski definition) is 3. The number of rotatable bonds is 5. The third kappa shape index (κ3) is 4.23. The molecule has 0 bridgehead atoms. The van der Waals surface area contributed by atoms with Crippen LogP contribution in [0.1, 0.15) is 19.4 Å². The summed E-state index contributed by atoms with van der Waals surface area (Å²) in [4.78, 5) is 4.00. The van der Waals surface area contributed by atoms with Crippen molar-refractivity contribution in [3.63, 3.8) is 0 Å². The number of hydrogen-bond donors (Lipinski definition) is 1. The molecule has 4 heteroatoms. The molecular weight excluding hydrogens is 260 g/mol. The summed E-state index contributed by atoms with van der Waals surface area (Å²) in [5.74, 6) is 1.32. The van der Waals surface area contributed by atoms with Gasteiger partial charge in [-0.3, -0.25) is 4.98 Å². The first kappa shape index (κ1) is 13.8. The van der Waals surface area contributed by atoms with Gasteiger partial charge in [-0.25, -0.2) is 0 Å². The number of nitrogens with one attached hydrogen (secondary N) is 1. The van der Waals surface area contributed by atoms with Gasteiger partial charge in [0.1, 0.15) is 11.5 Å². The summed E-state index contributed by atoms with van der Waals surface area (Å²) in [5, 5.41) is 3.95. The number of nitrogens with zero attached hydrogens (tertiary/aromatic N) is 1. The van der Waals surface area contributed by atoms with E-state index in [1.165, 1.54) is 0 Å². The van der Waals surface area contributed by atoms with Gasteiger partial charge < -0.3 is 10.1 Å². The fraction of sp³-hybridized carbons (Fsp3) is 0.267. The van der Waals surface area contributed by atoms with Crippen molar-refractivity contribution in [2.24, 2.45) is 0 Å². The first-order valence-corrected chi connectivity index (χ1v) is 6.62. The van der Waals surface area contributed by atoms with Crippen molar-refractivity contribution in [1.29, 1.82) is 0 Å². The smallest absolute Gasteiger partial charge is 0.146 e. The van der Waals surface area contributed by atoms with Gasteiger partial charge in [-0.2, -0.15) is 0 Å². The van der Waals surface area contributed by atoms with Crippen LogP contribution in [-0.2, 0) is 6.54 Å². The molecular formula is C15H17ClN2O. The summed E-state index contributed by atoms with van der Waals surface area (Å²) in [7, 11) is 0. The van der Waals surface area contributed by atoms with E-state index in [1.54, 1.807) is 12.4 Å². The molecule has 0 unspecified atom stereocenters. The second kappa shape index (κ2) is 6.55. The molecule has 2 aromatic rings. The van der Waals surface area contributed by atoms with Crippen LogP contribution >= 0.6 is 11.6 Å². The fourth-order valence-corrected chi connectivity index (χ4v) is 1.84. The summed E-state index contributed by atoms with van der Waals surface area (Å²) in [6.45, 7) is 5.02. The average Bonchev–Trinajstić information content (AvgIpc) is 2.40. The van der Waals surface area contributed by atoms with Crippen LogP contribution in [0.3, 0.4) is 0 Å². The van der Waals surface area contributed by atoms with E-state index in [0.717, 1.165) is 12.1 Å². The van der Waals surface area contributed by atoms with Crippen LogP contribution in [-0.4, -0.2) is 11.0 Å². The number of aromatic nitrogens is 1. The van der Waals surface area contributed by atoms with Gasteiger partial charge in [0.05, 0.1) is 11.2 Å². The van der Waals surface area contributed by atoms with Crippen LogP contribution in [0.15, 0.2) is 42.7 Å². The van der Waals surface area contributed by atoms with E-state index in [4.69, 9.17) is 16.3 Å². The van der Waals surface area contributed by atoms with Gasteiger partial charge in [0.25, 0.3) is 0 Å². The van der Waals surface area contributed by atoms with Crippen LogP contribution in [0.2, 0.25) is 5.02 Å². The first-order chi connectivity index (χ1) is 9.15. The molecule has 0 aliphatic rings. The first-order valence-electron chi connectivity index (χ1n) is 6.25. The lowest BCUT2D eigenvalue weighted by molar-refractivity contribution is 0.480. The number of ether oxygens (including phenoxy) is 1.